The first-order chi connectivity index (χ1) is 14.0. The van der Waals surface area contributed by atoms with Crippen molar-refractivity contribution in [3.05, 3.63) is 76.0 Å². The van der Waals surface area contributed by atoms with Crippen LogP contribution >= 0.6 is 0 Å². The minimum atomic E-state index is -0.634. The summed E-state index contributed by atoms with van der Waals surface area (Å²) in [4.78, 5) is 37.8. The highest BCUT2D eigenvalue weighted by Gasteiger charge is 2.17. The van der Waals surface area contributed by atoms with E-state index in [4.69, 9.17) is 4.74 Å². The van der Waals surface area contributed by atoms with Crippen molar-refractivity contribution in [2.24, 2.45) is 0 Å². The monoisotopic (exact) mass is 397 g/mol. The van der Waals surface area contributed by atoms with Crippen molar-refractivity contribution >= 4 is 22.6 Å². The number of nitrogens with one attached hydrogen (secondary N) is 1. The van der Waals surface area contributed by atoms with Gasteiger partial charge < -0.3 is 9.64 Å². The Balaban J connectivity index is 1.60. The molecule has 3 aromatic rings. The summed E-state index contributed by atoms with van der Waals surface area (Å²) in [5.41, 5.74) is 0.670. The molecule has 0 radical (unpaired) electrons. The number of halogens is 1. The van der Waals surface area contributed by atoms with Crippen LogP contribution in [0.15, 0.2) is 53.3 Å². The number of carbonyl (C=O) groups excluding carboxylic acids is 2. The van der Waals surface area contributed by atoms with Gasteiger partial charge >= 0.3 is 5.97 Å². The van der Waals surface area contributed by atoms with E-state index in [2.05, 4.69) is 10.2 Å². The van der Waals surface area contributed by atoms with Crippen LogP contribution in [0.1, 0.15) is 18.2 Å². The van der Waals surface area contributed by atoms with Crippen LogP contribution in [-0.4, -0.2) is 40.1 Å². The van der Waals surface area contributed by atoms with Crippen molar-refractivity contribution < 1.29 is 18.7 Å². The SMILES string of the molecule is CCN(Cc1cccc(F)c1)C(=O)COC(=O)Cc1n[nH]c(=O)c2ccccc12. The Hall–Kier alpha value is -3.55. The van der Waals surface area contributed by atoms with Gasteiger partial charge in [0.05, 0.1) is 17.5 Å². The van der Waals surface area contributed by atoms with Crippen molar-refractivity contribution in [1.29, 1.82) is 0 Å². The van der Waals surface area contributed by atoms with E-state index in [9.17, 15) is 18.8 Å². The number of hydrogen-bond acceptors (Lipinski definition) is 5. The van der Waals surface area contributed by atoms with Gasteiger partial charge in [-0.25, -0.2) is 9.49 Å². The van der Waals surface area contributed by atoms with Gasteiger partial charge in [-0.15, -0.1) is 0 Å². The molecule has 1 heterocycles. The van der Waals surface area contributed by atoms with Crippen LogP contribution in [0.3, 0.4) is 0 Å². The molecule has 0 bridgehead atoms. The molecule has 0 saturated heterocycles. The Bertz CT molecular complexity index is 1100. The molecule has 150 valence electrons. The van der Waals surface area contributed by atoms with Crippen LogP contribution in [-0.2, 0) is 27.3 Å². The van der Waals surface area contributed by atoms with Gasteiger partial charge in [-0.3, -0.25) is 14.4 Å². The number of H-pyrrole nitrogens is 1. The van der Waals surface area contributed by atoms with Crippen molar-refractivity contribution in [2.75, 3.05) is 13.2 Å². The van der Waals surface area contributed by atoms with E-state index in [1.807, 2.05) is 0 Å². The summed E-state index contributed by atoms with van der Waals surface area (Å²) in [5.74, 6) is -1.40. The molecule has 0 aliphatic heterocycles. The molecule has 0 unspecified atom stereocenters. The highest BCUT2D eigenvalue weighted by atomic mass is 19.1. The molecule has 8 heteroatoms. The molecule has 2 aromatic carbocycles. The maximum absolute atomic E-state index is 13.3. The first-order valence-corrected chi connectivity index (χ1v) is 9.12. The molecule has 0 fully saturated rings. The second-order valence-corrected chi connectivity index (χ2v) is 6.42. The van der Waals surface area contributed by atoms with Gasteiger partial charge in [0.1, 0.15) is 5.82 Å². The summed E-state index contributed by atoms with van der Waals surface area (Å²) in [7, 11) is 0. The van der Waals surface area contributed by atoms with Crippen LogP contribution in [0.4, 0.5) is 4.39 Å². The Labute approximate surface area is 166 Å². The zero-order valence-electron chi connectivity index (χ0n) is 15.9. The number of ether oxygens (including phenoxy) is 1. The molecule has 1 N–H and O–H groups in total. The van der Waals surface area contributed by atoms with E-state index < -0.39 is 12.6 Å². The third kappa shape index (κ3) is 5.04. The van der Waals surface area contributed by atoms with Gasteiger partial charge in [0.2, 0.25) is 0 Å². The first-order valence-electron chi connectivity index (χ1n) is 9.12. The number of rotatable bonds is 7. The summed E-state index contributed by atoms with van der Waals surface area (Å²) in [6, 6.07) is 12.8. The normalized spacial score (nSPS) is 10.7. The van der Waals surface area contributed by atoms with Crippen molar-refractivity contribution in [2.45, 2.75) is 19.9 Å². The number of nitrogens with zero attached hydrogens (tertiary/aromatic N) is 2. The fourth-order valence-electron chi connectivity index (χ4n) is 2.96. The van der Waals surface area contributed by atoms with Crippen LogP contribution in [0, 0.1) is 5.82 Å². The van der Waals surface area contributed by atoms with Gasteiger partial charge in [-0.05, 0) is 30.7 Å². The zero-order chi connectivity index (χ0) is 20.8. The molecule has 0 aliphatic carbocycles. The molecule has 0 atom stereocenters. The second kappa shape index (κ2) is 9.09. The molecule has 0 aliphatic rings. The summed E-state index contributed by atoms with van der Waals surface area (Å²) in [6.45, 7) is 1.97. The second-order valence-electron chi connectivity index (χ2n) is 6.42. The van der Waals surface area contributed by atoms with Crippen molar-refractivity contribution in [3.63, 3.8) is 0 Å². The van der Waals surface area contributed by atoms with Gasteiger partial charge in [0, 0.05) is 18.5 Å². The molecule has 1 aromatic heterocycles. The van der Waals surface area contributed by atoms with E-state index in [-0.39, 0.29) is 30.2 Å². The Morgan fingerprint density at radius 1 is 1.14 bits per heavy atom. The molecular weight excluding hydrogens is 377 g/mol. The predicted molar refractivity (Wildman–Crippen MR) is 105 cm³/mol. The van der Waals surface area contributed by atoms with Gasteiger partial charge in [0.15, 0.2) is 6.61 Å². The third-order valence-corrected chi connectivity index (χ3v) is 4.44. The Morgan fingerprint density at radius 2 is 1.90 bits per heavy atom. The zero-order valence-corrected chi connectivity index (χ0v) is 15.9. The quantitative estimate of drug-likeness (QED) is 0.617. The summed E-state index contributed by atoms with van der Waals surface area (Å²) in [6.07, 6.45) is -0.180. The number of aromatic amines is 1. The average Bonchev–Trinajstić information content (AvgIpc) is 2.72. The largest absolute Gasteiger partial charge is 0.455 e. The van der Waals surface area contributed by atoms with Crippen LogP contribution in [0.2, 0.25) is 0 Å². The first kappa shape index (κ1) is 20.2. The van der Waals surface area contributed by atoms with Crippen LogP contribution in [0.25, 0.3) is 10.8 Å². The predicted octanol–water partition coefficient (Wildman–Crippen LogP) is 2.20. The lowest BCUT2D eigenvalue weighted by molar-refractivity contribution is -0.151. The number of likely N-dealkylation sites (N-methyl/N-ethyl adjacent to an activating group) is 1. The summed E-state index contributed by atoms with van der Waals surface area (Å²) in [5, 5.41) is 7.25. The number of carbonyl (C=O) groups is 2. The van der Waals surface area contributed by atoms with Gasteiger partial charge in [-0.1, -0.05) is 30.3 Å². The van der Waals surface area contributed by atoms with Crippen LogP contribution in [0.5, 0.6) is 0 Å². The van der Waals surface area contributed by atoms with E-state index in [1.165, 1.54) is 17.0 Å². The highest BCUT2D eigenvalue weighted by Crippen LogP contribution is 2.13. The number of benzene rings is 2. The molecule has 7 nitrogen and oxygen atoms in total. The number of aromatic nitrogens is 2. The van der Waals surface area contributed by atoms with E-state index in [1.54, 1.807) is 43.3 Å². The van der Waals surface area contributed by atoms with Crippen molar-refractivity contribution in [1.82, 2.24) is 15.1 Å². The summed E-state index contributed by atoms with van der Waals surface area (Å²) >= 11 is 0. The molecule has 1 amide bonds. The lowest BCUT2D eigenvalue weighted by Gasteiger charge is -2.21. The average molecular weight is 397 g/mol. The number of esters is 1. The number of fused-ring (bicyclic) bond motifs is 1. The maximum Gasteiger partial charge on any atom is 0.312 e. The standard InChI is InChI=1S/C21H20FN3O4/c1-2-25(12-14-6-5-7-15(22)10-14)19(26)13-29-20(27)11-18-16-8-3-4-9-17(16)21(28)24-23-18/h3-10H,2,11-13H2,1H3,(H,24,28). The number of amides is 1. The smallest absolute Gasteiger partial charge is 0.312 e. The van der Waals surface area contributed by atoms with Crippen LogP contribution < -0.4 is 5.56 Å². The fourth-order valence-corrected chi connectivity index (χ4v) is 2.96. The van der Waals surface area contributed by atoms with E-state index >= 15 is 0 Å². The highest BCUT2D eigenvalue weighted by molar-refractivity contribution is 5.87. The lowest BCUT2D eigenvalue weighted by Crippen LogP contribution is -2.34. The van der Waals surface area contributed by atoms with Crippen molar-refractivity contribution in [3.8, 4) is 0 Å². The molecule has 29 heavy (non-hydrogen) atoms. The topological polar surface area (TPSA) is 92.4 Å². The summed E-state index contributed by atoms with van der Waals surface area (Å²) < 4.78 is 18.4. The lowest BCUT2D eigenvalue weighted by atomic mass is 10.1. The van der Waals surface area contributed by atoms with Gasteiger partial charge in [-0.2, -0.15) is 5.10 Å². The third-order valence-electron chi connectivity index (χ3n) is 4.44. The van der Waals surface area contributed by atoms with E-state index in [0.29, 0.717) is 28.6 Å². The minimum Gasteiger partial charge on any atom is -0.455 e. The maximum atomic E-state index is 13.3. The molecule has 0 saturated carbocycles. The number of hydrogen-bond donors (Lipinski definition) is 1. The Morgan fingerprint density at radius 3 is 2.62 bits per heavy atom. The minimum absolute atomic E-state index is 0.180. The van der Waals surface area contributed by atoms with E-state index in [0.717, 1.165) is 0 Å². The Kier molecular flexibility index (Phi) is 6.33. The molecule has 3 rings (SSSR count). The molecular formula is C21H20FN3O4. The fraction of sp³-hybridized carbons (Fsp3) is 0.238. The molecule has 0 spiro atoms. The van der Waals surface area contributed by atoms with Gasteiger partial charge in [0.25, 0.3) is 11.5 Å².